The van der Waals surface area contributed by atoms with E-state index in [1.165, 1.54) is 30.6 Å². The highest BCUT2D eigenvalue weighted by Crippen LogP contribution is 2.37. The number of hydrogen-bond acceptors (Lipinski definition) is 5. The zero-order valence-electron chi connectivity index (χ0n) is 11.7. The van der Waals surface area contributed by atoms with Crippen LogP contribution in [0.15, 0.2) is 5.51 Å². The molecule has 6 heteroatoms. The van der Waals surface area contributed by atoms with Crippen molar-refractivity contribution in [1.29, 1.82) is 0 Å². The van der Waals surface area contributed by atoms with Gasteiger partial charge in [-0.05, 0) is 19.8 Å². The van der Waals surface area contributed by atoms with Crippen LogP contribution in [0, 0.1) is 6.92 Å². The number of ether oxygens (including phenoxy) is 2. The molecular weight excluding hydrogens is 276 g/mol. The zero-order chi connectivity index (χ0) is 14.0. The lowest BCUT2D eigenvalue weighted by Gasteiger charge is -2.31. The molecule has 1 atom stereocenters. The van der Waals surface area contributed by atoms with Crippen LogP contribution < -0.4 is 5.32 Å². The molecule has 2 fully saturated rings. The summed E-state index contributed by atoms with van der Waals surface area (Å²) < 4.78 is 11.9. The Labute approximate surface area is 122 Å². The molecule has 1 aliphatic heterocycles. The third-order valence-corrected chi connectivity index (χ3v) is 4.90. The van der Waals surface area contributed by atoms with Crippen molar-refractivity contribution in [1.82, 2.24) is 10.3 Å². The SMILES string of the molecule is Cc1ncsc1C(=O)NCC1COC2(CCCCC2)O1. The van der Waals surface area contributed by atoms with Crippen LogP contribution in [0.1, 0.15) is 47.5 Å². The Morgan fingerprint density at radius 3 is 3.00 bits per heavy atom. The van der Waals surface area contributed by atoms with Crippen molar-refractivity contribution in [2.24, 2.45) is 0 Å². The molecule has 1 saturated carbocycles. The minimum atomic E-state index is -0.367. The molecule has 3 rings (SSSR count). The second kappa shape index (κ2) is 5.79. The monoisotopic (exact) mass is 296 g/mol. The standard InChI is InChI=1S/C14H20N2O3S/c1-10-12(20-9-16-10)13(17)15-7-11-8-18-14(19-11)5-3-2-4-6-14/h9,11H,2-8H2,1H3,(H,15,17). The molecular formula is C14H20N2O3S. The van der Waals surface area contributed by atoms with Gasteiger partial charge in [-0.25, -0.2) is 4.98 Å². The van der Waals surface area contributed by atoms with Crippen molar-refractivity contribution >= 4 is 17.2 Å². The Morgan fingerprint density at radius 1 is 1.50 bits per heavy atom. The molecule has 1 aromatic heterocycles. The average molecular weight is 296 g/mol. The molecule has 0 bridgehead atoms. The second-order valence-electron chi connectivity index (χ2n) is 5.50. The highest BCUT2D eigenvalue weighted by Gasteiger charge is 2.42. The van der Waals surface area contributed by atoms with Gasteiger partial charge in [0.15, 0.2) is 5.79 Å². The van der Waals surface area contributed by atoms with Crippen LogP contribution in [0.3, 0.4) is 0 Å². The van der Waals surface area contributed by atoms with E-state index in [0.29, 0.717) is 18.0 Å². The normalized spacial score (nSPS) is 24.9. The number of hydrogen-bond donors (Lipinski definition) is 1. The fourth-order valence-electron chi connectivity index (χ4n) is 2.88. The number of carbonyl (C=O) groups is 1. The zero-order valence-corrected chi connectivity index (χ0v) is 12.5. The fraction of sp³-hybridized carbons (Fsp3) is 0.714. The summed E-state index contributed by atoms with van der Waals surface area (Å²) in [5.74, 6) is -0.438. The first kappa shape index (κ1) is 14.0. The van der Waals surface area contributed by atoms with Gasteiger partial charge in [-0.2, -0.15) is 0 Å². The number of carbonyl (C=O) groups excluding carboxylic acids is 1. The molecule has 1 aliphatic carbocycles. The van der Waals surface area contributed by atoms with Gasteiger partial charge in [-0.1, -0.05) is 6.42 Å². The van der Waals surface area contributed by atoms with Gasteiger partial charge in [0.1, 0.15) is 11.0 Å². The van der Waals surface area contributed by atoms with E-state index in [1.54, 1.807) is 5.51 Å². The molecule has 0 aromatic carbocycles. The minimum Gasteiger partial charge on any atom is -0.349 e. The van der Waals surface area contributed by atoms with Gasteiger partial charge in [0, 0.05) is 19.4 Å². The van der Waals surface area contributed by atoms with Gasteiger partial charge >= 0.3 is 0 Å². The first-order valence-corrected chi connectivity index (χ1v) is 8.07. The molecule has 2 heterocycles. The Bertz CT molecular complexity index is 483. The summed E-state index contributed by atoms with van der Waals surface area (Å²) >= 11 is 1.37. The maximum atomic E-state index is 12.0. The van der Waals surface area contributed by atoms with E-state index in [-0.39, 0.29) is 17.8 Å². The topological polar surface area (TPSA) is 60.5 Å². The highest BCUT2D eigenvalue weighted by atomic mass is 32.1. The summed E-state index contributed by atoms with van der Waals surface area (Å²) in [7, 11) is 0. The third kappa shape index (κ3) is 2.87. The van der Waals surface area contributed by atoms with Crippen molar-refractivity contribution in [3.05, 3.63) is 16.1 Å². The number of aryl methyl sites for hydroxylation is 1. The number of aromatic nitrogens is 1. The Kier molecular flexibility index (Phi) is 4.05. The average Bonchev–Trinajstić information content (AvgIpc) is 3.04. The third-order valence-electron chi connectivity index (χ3n) is 3.97. The summed E-state index contributed by atoms with van der Waals surface area (Å²) in [6.45, 7) is 2.91. The fourth-order valence-corrected chi connectivity index (χ4v) is 3.60. The second-order valence-corrected chi connectivity index (χ2v) is 6.35. The summed E-state index contributed by atoms with van der Waals surface area (Å²) in [4.78, 5) is 16.8. The smallest absolute Gasteiger partial charge is 0.263 e. The van der Waals surface area contributed by atoms with Crippen LogP contribution in [-0.2, 0) is 9.47 Å². The Hall–Kier alpha value is -0.980. The molecule has 0 radical (unpaired) electrons. The summed E-state index contributed by atoms with van der Waals surface area (Å²) in [6, 6.07) is 0. The van der Waals surface area contributed by atoms with E-state index < -0.39 is 0 Å². The summed E-state index contributed by atoms with van der Waals surface area (Å²) in [5, 5.41) is 2.92. The maximum Gasteiger partial charge on any atom is 0.263 e. The van der Waals surface area contributed by atoms with Crippen LogP contribution in [0.2, 0.25) is 0 Å². The van der Waals surface area contributed by atoms with Gasteiger partial charge in [-0.3, -0.25) is 4.79 Å². The number of amides is 1. The molecule has 20 heavy (non-hydrogen) atoms. The van der Waals surface area contributed by atoms with Crippen LogP contribution in [0.5, 0.6) is 0 Å². The predicted octanol–water partition coefficient (Wildman–Crippen LogP) is 2.26. The van der Waals surface area contributed by atoms with E-state index in [0.717, 1.165) is 18.5 Å². The summed E-state index contributed by atoms with van der Waals surface area (Å²) in [5.41, 5.74) is 2.47. The van der Waals surface area contributed by atoms with Crippen LogP contribution >= 0.6 is 11.3 Å². The molecule has 1 amide bonds. The van der Waals surface area contributed by atoms with Crippen molar-refractivity contribution in [3.63, 3.8) is 0 Å². The van der Waals surface area contributed by atoms with Crippen LogP contribution in [0.4, 0.5) is 0 Å². The highest BCUT2D eigenvalue weighted by molar-refractivity contribution is 7.11. The first-order valence-electron chi connectivity index (χ1n) is 7.19. The van der Waals surface area contributed by atoms with Gasteiger partial charge < -0.3 is 14.8 Å². The van der Waals surface area contributed by atoms with Crippen molar-refractivity contribution in [2.45, 2.75) is 50.9 Å². The van der Waals surface area contributed by atoms with Gasteiger partial charge in [0.25, 0.3) is 5.91 Å². The number of thiazole rings is 1. The van der Waals surface area contributed by atoms with E-state index in [9.17, 15) is 4.79 Å². The van der Waals surface area contributed by atoms with Crippen molar-refractivity contribution < 1.29 is 14.3 Å². The molecule has 1 N–H and O–H groups in total. The van der Waals surface area contributed by atoms with E-state index in [1.807, 2.05) is 6.92 Å². The van der Waals surface area contributed by atoms with Crippen LogP contribution in [0.25, 0.3) is 0 Å². The number of nitrogens with one attached hydrogen (secondary N) is 1. The van der Waals surface area contributed by atoms with Gasteiger partial charge in [0.05, 0.1) is 17.8 Å². The van der Waals surface area contributed by atoms with Gasteiger partial charge in [-0.15, -0.1) is 11.3 Å². The Balaban J connectivity index is 1.50. The van der Waals surface area contributed by atoms with E-state index in [4.69, 9.17) is 9.47 Å². The first-order chi connectivity index (χ1) is 9.69. The Morgan fingerprint density at radius 2 is 2.30 bits per heavy atom. The quantitative estimate of drug-likeness (QED) is 0.929. The van der Waals surface area contributed by atoms with E-state index >= 15 is 0 Å². The number of nitrogens with zero attached hydrogens (tertiary/aromatic N) is 1. The maximum absolute atomic E-state index is 12.0. The lowest BCUT2D eigenvalue weighted by Crippen LogP contribution is -2.37. The largest absolute Gasteiger partial charge is 0.349 e. The van der Waals surface area contributed by atoms with Crippen LogP contribution in [-0.4, -0.2) is 35.9 Å². The van der Waals surface area contributed by atoms with Crippen molar-refractivity contribution in [2.75, 3.05) is 13.2 Å². The van der Waals surface area contributed by atoms with Crippen molar-refractivity contribution in [3.8, 4) is 0 Å². The number of rotatable bonds is 3. The predicted molar refractivity (Wildman–Crippen MR) is 75.8 cm³/mol. The molecule has 1 aromatic rings. The molecule has 2 aliphatic rings. The van der Waals surface area contributed by atoms with Gasteiger partial charge in [0.2, 0.25) is 0 Å². The minimum absolute atomic E-state index is 0.0368. The molecule has 5 nitrogen and oxygen atoms in total. The summed E-state index contributed by atoms with van der Waals surface area (Å²) in [6.07, 6.45) is 5.51. The molecule has 1 spiro atoms. The molecule has 110 valence electrons. The molecule has 1 unspecified atom stereocenters. The lowest BCUT2D eigenvalue weighted by molar-refractivity contribution is -0.186. The van der Waals surface area contributed by atoms with E-state index in [2.05, 4.69) is 10.3 Å². The molecule has 1 saturated heterocycles. The lowest BCUT2D eigenvalue weighted by atomic mass is 9.94.